The van der Waals surface area contributed by atoms with E-state index in [-0.39, 0.29) is 17.7 Å². The van der Waals surface area contributed by atoms with Gasteiger partial charge in [-0.1, -0.05) is 0 Å². The van der Waals surface area contributed by atoms with Crippen molar-refractivity contribution in [2.45, 2.75) is 38.8 Å². The molecule has 20 heavy (non-hydrogen) atoms. The fraction of sp³-hybridized carbons (Fsp3) is 0.625. The Morgan fingerprint density at radius 2 is 1.85 bits per heavy atom. The van der Waals surface area contributed by atoms with Crippen molar-refractivity contribution in [1.29, 1.82) is 0 Å². The molecule has 1 heterocycles. The standard InChI is InChI=1S/C16H24F2N2/c1-11(13-6-8-20(3)9-7-13)19-12(2)15-10-14(17)4-5-16(15)18/h4-5,10-13,19H,6-9H2,1-3H3. The number of halogens is 2. The van der Waals surface area contributed by atoms with Gasteiger partial charge in [0.15, 0.2) is 0 Å². The van der Waals surface area contributed by atoms with Gasteiger partial charge in [-0.3, -0.25) is 0 Å². The molecule has 2 nitrogen and oxygen atoms in total. The molecule has 1 aromatic rings. The molecule has 0 spiro atoms. The van der Waals surface area contributed by atoms with E-state index in [9.17, 15) is 8.78 Å². The summed E-state index contributed by atoms with van der Waals surface area (Å²) >= 11 is 0. The molecule has 0 amide bonds. The van der Waals surface area contributed by atoms with Gasteiger partial charge in [-0.15, -0.1) is 0 Å². The second-order valence-corrected chi connectivity index (χ2v) is 5.98. The fourth-order valence-electron chi connectivity index (χ4n) is 3.00. The summed E-state index contributed by atoms with van der Waals surface area (Å²) < 4.78 is 27.0. The maximum atomic E-state index is 13.8. The number of hydrogen-bond acceptors (Lipinski definition) is 2. The van der Waals surface area contributed by atoms with Crippen molar-refractivity contribution < 1.29 is 8.78 Å². The van der Waals surface area contributed by atoms with Crippen molar-refractivity contribution in [2.75, 3.05) is 20.1 Å². The number of nitrogens with one attached hydrogen (secondary N) is 1. The molecular weight excluding hydrogens is 258 g/mol. The Balaban J connectivity index is 1.96. The molecule has 0 saturated carbocycles. The van der Waals surface area contributed by atoms with E-state index in [1.54, 1.807) is 0 Å². The minimum atomic E-state index is -0.387. The van der Waals surface area contributed by atoms with Crippen molar-refractivity contribution in [2.24, 2.45) is 5.92 Å². The first-order valence-electron chi connectivity index (χ1n) is 7.37. The molecule has 0 aliphatic carbocycles. The molecule has 1 aromatic carbocycles. The molecule has 1 N–H and O–H groups in total. The summed E-state index contributed by atoms with van der Waals surface area (Å²) in [6, 6.07) is 3.77. The molecule has 2 atom stereocenters. The van der Waals surface area contributed by atoms with E-state index >= 15 is 0 Å². The number of hydrogen-bond donors (Lipinski definition) is 1. The fourth-order valence-corrected chi connectivity index (χ4v) is 3.00. The predicted octanol–water partition coefficient (Wildman–Crippen LogP) is 3.35. The van der Waals surface area contributed by atoms with E-state index in [1.165, 1.54) is 12.1 Å². The van der Waals surface area contributed by atoms with Crippen LogP contribution in [0.4, 0.5) is 8.78 Å². The van der Waals surface area contributed by atoms with Gasteiger partial charge in [0.05, 0.1) is 0 Å². The summed E-state index contributed by atoms with van der Waals surface area (Å²) in [7, 11) is 2.14. The molecule has 0 aromatic heterocycles. The molecule has 112 valence electrons. The first-order chi connectivity index (χ1) is 9.47. The van der Waals surface area contributed by atoms with Crippen LogP contribution >= 0.6 is 0 Å². The van der Waals surface area contributed by atoms with Crippen LogP contribution in [-0.4, -0.2) is 31.1 Å². The summed E-state index contributed by atoms with van der Waals surface area (Å²) in [5, 5.41) is 3.42. The molecule has 4 heteroatoms. The summed E-state index contributed by atoms with van der Waals surface area (Å²) in [5.74, 6) is -0.130. The zero-order chi connectivity index (χ0) is 14.7. The van der Waals surface area contributed by atoms with E-state index in [0.717, 1.165) is 32.0 Å². The Kier molecular flexibility index (Phi) is 5.11. The second kappa shape index (κ2) is 6.64. The molecule has 1 saturated heterocycles. The zero-order valence-corrected chi connectivity index (χ0v) is 12.5. The molecule has 2 unspecified atom stereocenters. The third-order valence-corrected chi connectivity index (χ3v) is 4.41. The molecule has 0 radical (unpaired) electrons. The third-order valence-electron chi connectivity index (χ3n) is 4.41. The molecular formula is C16H24F2N2. The number of nitrogens with zero attached hydrogens (tertiary/aromatic N) is 1. The Bertz CT molecular complexity index is 442. The first kappa shape index (κ1) is 15.4. The van der Waals surface area contributed by atoms with Crippen molar-refractivity contribution in [1.82, 2.24) is 10.2 Å². The summed E-state index contributed by atoms with van der Waals surface area (Å²) in [5.41, 5.74) is 0.407. The monoisotopic (exact) mass is 282 g/mol. The van der Waals surface area contributed by atoms with Gasteiger partial charge in [-0.2, -0.15) is 0 Å². The number of benzene rings is 1. The number of likely N-dealkylation sites (tertiary alicyclic amines) is 1. The Labute approximate surface area is 120 Å². The van der Waals surface area contributed by atoms with Crippen LogP contribution in [0, 0.1) is 17.6 Å². The van der Waals surface area contributed by atoms with E-state index in [0.29, 0.717) is 17.5 Å². The van der Waals surface area contributed by atoms with E-state index in [4.69, 9.17) is 0 Å². The van der Waals surface area contributed by atoms with Crippen molar-refractivity contribution in [3.05, 3.63) is 35.4 Å². The van der Waals surface area contributed by atoms with Crippen LogP contribution < -0.4 is 5.32 Å². The second-order valence-electron chi connectivity index (χ2n) is 5.98. The highest BCUT2D eigenvalue weighted by molar-refractivity contribution is 5.22. The van der Waals surface area contributed by atoms with Crippen LogP contribution in [0.25, 0.3) is 0 Å². The van der Waals surface area contributed by atoms with Gasteiger partial charge >= 0.3 is 0 Å². The van der Waals surface area contributed by atoms with Crippen molar-refractivity contribution >= 4 is 0 Å². The predicted molar refractivity (Wildman–Crippen MR) is 77.6 cm³/mol. The first-order valence-corrected chi connectivity index (χ1v) is 7.37. The quantitative estimate of drug-likeness (QED) is 0.911. The van der Waals surface area contributed by atoms with Gasteiger partial charge in [0.2, 0.25) is 0 Å². The number of rotatable bonds is 4. The summed E-state index contributed by atoms with van der Waals surface area (Å²) in [4.78, 5) is 2.33. The normalized spacial score (nSPS) is 20.9. The Morgan fingerprint density at radius 1 is 1.20 bits per heavy atom. The van der Waals surface area contributed by atoms with Crippen LogP contribution in [0.3, 0.4) is 0 Å². The highest BCUT2D eigenvalue weighted by Gasteiger charge is 2.24. The van der Waals surface area contributed by atoms with E-state index in [2.05, 4.69) is 24.2 Å². The van der Waals surface area contributed by atoms with Crippen LogP contribution in [0.15, 0.2) is 18.2 Å². The van der Waals surface area contributed by atoms with Gasteiger partial charge in [-0.25, -0.2) is 8.78 Å². The summed E-state index contributed by atoms with van der Waals surface area (Å²) in [6.07, 6.45) is 2.31. The van der Waals surface area contributed by atoms with Crippen LogP contribution in [0.2, 0.25) is 0 Å². The smallest absolute Gasteiger partial charge is 0.128 e. The minimum absolute atomic E-state index is 0.180. The van der Waals surface area contributed by atoms with Crippen LogP contribution in [-0.2, 0) is 0 Å². The van der Waals surface area contributed by atoms with Gasteiger partial charge in [0.1, 0.15) is 11.6 Å². The highest BCUT2D eigenvalue weighted by atomic mass is 19.1. The van der Waals surface area contributed by atoms with Gasteiger partial charge in [0, 0.05) is 17.6 Å². The van der Waals surface area contributed by atoms with Crippen LogP contribution in [0.5, 0.6) is 0 Å². The lowest BCUT2D eigenvalue weighted by Crippen LogP contribution is -2.41. The van der Waals surface area contributed by atoms with Crippen LogP contribution in [0.1, 0.15) is 38.3 Å². The largest absolute Gasteiger partial charge is 0.307 e. The van der Waals surface area contributed by atoms with E-state index in [1.807, 2.05) is 6.92 Å². The van der Waals surface area contributed by atoms with Crippen molar-refractivity contribution in [3.63, 3.8) is 0 Å². The maximum absolute atomic E-state index is 13.8. The Hall–Kier alpha value is -1.00. The highest BCUT2D eigenvalue weighted by Crippen LogP contribution is 2.24. The topological polar surface area (TPSA) is 15.3 Å². The summed E-state index contributed by atoms with van der Waals surface area (Å²) in [6.45, 7) is 6.26. The number of piperidine rings is 1. The molecule has 1 aliphatic rings. The SMILES string of the molecule is CC(NC(C)C1CCN(C)CC1)c1cc(F)ccc1F. The zero-order valence-electron chi connectivity index (χ0n) is 12.5. The average molecular weight is 282 g/mol. The Morgan fingerprint density at radius 3 is 2.50 bits per heavy atom. The molecule has 1 aliphatic heterocycles. The van der Waals surface area contributed by atoms with Gasteiger partial charge in [0.25, 0.3) is 0 Å². The van der Waals surface area contributed by atoms with E-state index < -0.39 is 0 Å². The lowest BCUT2D eigenvalue weighted by molar-refractivity contribution is 0.185. The molecule has 2 rings (SSSR count). The van der Waals surface area contributed by atoms with Crippen molar-refractivity contribution in [3.8, 4) is 0 Å². The lowest BCUT2D eigenvalue weighted by atomic mass is 9.90. The maximum Gasteiger partial charge on any atom is 0.128 e. The molecule has 1 fully saturated rings. The molecule has 0 bridgehead atoms. The average Bonchev–Trinajstić information content (AvgIpc) is 2.42. The van der Waals surface area contributed by atoms with Gasteiger partial charge in [-0.05, 0) is 70.9 Å². The lowest BCUT2D eigenvalue weighted by Gasteiger charge is -2.34. The minimum Gasteiger partial charge on any atom is -0.307 e. The third kappa shape index (κ3) is 3.76. The van der Waals surface area contributed by atoms with Gasteiger partial charge < -0.3 is 10.2 Å².